The molecule has 1 aliphatic rings. The Morgan fingerprint density at radius 3 is 2.71 bits per heavy atom. The summed E-state index contributed by atoms with van der Waals surface area (Å²) in [6, 6.07) is 4.92. The number of anilines is 1. The molecule has 0 unspecified atom stereocenters. The van der Waals surface area contributed by atoms with Gasteiger partial charge in [-0.25, -0.2) is 0 Å². The van der Waals surface area contributed by atoms with E-state index in [9.17, 15) is 9.59 Å². The molecule has 2 amide bonds. The first-order valence-corrected chi connectivity index (χ1v) is 7.46. The van der Waals surface area contributed by atoms with Crippen molar-refractivity contribution in [2.24, 2.45) is 5.92 Å². The Morgan fingerprint density at radius 2 is 2.05 bits per heavy atom. The van der Waals surface area contributed by atoms with Crippen molar-refractivity contribution in [3.63, 3.8) is 0 Å². The molecule has 2 N–H and O–H groups in total. The van der Waals surface area contributed by atoms with Gasteiger partial charge in [-0.1, -0.05) is 11.6 Å². The normalized spacial score (nSPS) is 15.5. The number of rotatable bonds is 4. The van der Waals surface area contributed by atoms with E-state index in [1.165, 1.54) is 0 Å². The summed E-state index contributed by atoms with van der Waals surface area (Å²) < 4.78 is 5.24. The monoisotopic (exact) mass is 310 g/mol. The number of hydrogen-bond donors (Lipinski definition) is 2. The fraction of sp³-hybridized carbons (Fsp3) is 0.467. The van der Waals surface area contributed by atoms with Crippen LogP contribution in [-0.4, -0.2) is 31.6 Å². The van der Waals surface area contributed by atoms with Gasteiger partial charge in [-0.05, 0) is 38.0 Å². The lowest BCUT2D eigenvalue weighted by molar-refractivity contribution is -0.122. The highest BCUT2D eigenvalue weighted by atomic mass is 35.5. The van der Waals surface area contributed by atoms with E-state index in [0.29, 0.717) is 36.0 Å². The Morgan fingerprint density at radius 1 is 1.33 bits per heavy atom. The summed E-state index contributed by atoms with van der Waals surface area (Å²) in [6.07, 6.45) is 1.45. The van der Waals surface area contributed by atoms with Crippen LogP contribution in [0.3, 0.4) is 0 Å². The van der Waals surface area contributed by atoms with E-state index < -0.39 is 0 Å². The zero-order valence-corrected chi connectivity index (χ0v) is 12.7. The molecular formula is C15H19ClN2O3. The third-order valence-corrected chi connectivity index (χ3v) is 3.74. The van der Waals surface area contributed by atoms with Crippen molar-refractivity contribution in [3.8, 4) is 0 Å². The fourth-order valence-electron chi connectivity index (χ4n) is 2.24. The van der Waals surface area contributed by atoms with Crippen LogP contribution in [0.5, 0.6) is 0 Å². The molecule has 0 atom stereocenters. The van der Waals surface area contributed by atoms with Crippen molar-refractivity contribution in [2.45, 2.75) is 19.8 Å². The van der Waals surface area contributed by atoms with E-state index in [0.717, 1.165) is 12.8 Å². The van der Waals surface area contributed by atoms with Crippen LogP contribution in [0.25, 0.3) is 0 Å². The summed E-state index contributed by atoms with van der Waals surface area (Å²) in [5.41, 5.74) is 0.945. The third kappa shape index (κ3) is 4.19. The Balaban J connectivity index is 2.07. The molecule has 0 aliphatic carbocycles. The molecule has 0 saturated carbocycles. The highest BCUT2D eigenvalue weighted by molar-refractivity contribution is 6.34. The van der Waals surface area contributed by atoms with Gasteiger partial charge in [-0.3, -0.25) is 9.59 Å². The van der Waals surface area contributed by atoms with Crippen LogP contribution < -0.4 is 10.6 Å². The second-order valence-corrected chi connectivity index (χ2v) is 5.34. The first-order valence-electron chi connectivity index (χ1n) is 7.08. The average molecular weight is 311 g/mol. The van der Waals surface area contributed by atoms with E-state index in [1.54, 1.807) is 18.2 Å². The largest absolute Gasteiger partial charge is 0.381 e. The van der Waals surface area contributed by atoms with Crippen LogP contribution in [0, 0.1) is 5.92 Å². The summed E-state index contributed by atoms with van der Waals surface area (Å²) in [7, 11) is 0. The second-order valence-electron chi connectivity index (χ2n) is 4.93. The topological polar surface area (TPSA) is 67.4 Å². The molecule has 21 heavy (non-hydrogen) atoms. The first kappa shape index (κ1) is 15.8. The number of halogens is 1. The van der Waals surface area contributed by atoms with Crippen molar-refractivity contribution >= 4 is 29.1 Å². The smallest absolute Gasteiger partial charge is 0.252 e. The van der Waals surface area contributed by atoms with Crippen molar-refractivity contribution in [2.75, 3.05) is 25.1 Å². The maximum atomic E-state index is 12.2. The molecule has 114 valence electrons. The van der Waals surface area contributed by atoms with E-state index in [2.05, 4.69) is 10.6 Å². The fourth-order valence-corrected chi connectivity index (χ4v) is 2.44. The van der Waals surface area contributed by atoms with Crippen LogP contribution in [-0.2, 0) is 9.53 Å². The molecule has 0 radical (unpaired) electrons. The summed E-state index contributed by atoms with van der Waals surface area (Å²) in [5, 5.41) is 5.90. The highest BCUT2D eigenvalue weighted by Gasteiger charge is 2.22. The molecule has 1 fully saturated rings. The predicted octanol–water partition coefficient (Wildman–Crippen LogP) is 2.45. The van der Waals surface area contributed by atoms with Gasteiger partial charge in [0.25, 0.3) is 5.91 Å². The van der Waals surface area contributed by atoms with Crippen LogP contribution in [0.4, 0.5) is 5.69 Å². The molecule has 0 spiro atoms. The zero-order valence-electron chi connectivity index (χ0n) is 11.9. The van der Waals surface area contributed by atoms with Gasteiger partial charge in [-0.15, -0.1) is 0 Å². The van der Waals surface area contributed by atoms with Gasteiger partial charge < -0.3 is 15.4 Å². The lowest BCUT2D eigenvalue weighted by atomic mass is 9.99. The second kappa shape index (κ2) is 7.43. The minimum absolute atomic E-state index is 0.0394. The summed E-state index contributed by atoms with van der Waals surface area (Å²) in [6.45, 7) is 3.59. The number of ether oxygens (including phenoxy) is 1. The number of nitrogens with one attached hydrogen (secondary N) is 2. The predicted molar refractivity (Wildman–Crippen MR) is 81.6 cm³/mol. The first-order chi connectivity index (χ1) is 10.1. The Labute approximate surface area is 129 Å². The van der Waals surface area contributed by atoms with E-state index in [-0.39, 0.29) is 17.7 Å². The molecule has 5 nitrogen and oxygen atoms in total. The minimum atomic E-state index is -0.246. The van der Waals surface area contributed by atoms with Gasteiger partial charge in [0.15, 0.2) is 0 Å². The van der Waals surface area contributed by atoms with E-state index >= 15 is 0 Å². The van der Waals surface area contributed by atoms with E-state index in [1.807, 2.05) is 6.92 Å². The Hall–Kier alpha value is -1.59. The molecule has 1 heterocycles. The molecule has 0 aromatic heterocycles. The SMILES string of the molecule is CCNC(=O)c1cc(NC(=O)C2CCOCC2)ccc1Cl. The maximum Gasteiger partial charge on any atom is 0.252 e. The van der Waals surface area contributed by atoms with Gasteiger partial charge in [0.1, 0.15) is 0 Å². The number of amides is 2. The summed E-state index contributed by atoms with van der Waals surface area (Å²) in [4.78, 5) is 24.0. The molecule has 1 aromatic rings. The van der Waals surface area contributed by atoms with Crippen molar-refractivity contribution in [1.82, 2.24) is 5.32 Å². The third-order valence-electron chi connectivity index (χ3n) is 3.41. The quantitative estimate of drug-likeness (QED) is 0.897. The van der Waals surface area contributed by atoms with Crippen molar-refractivity contribution in [3.05, 3.63) is 28.8 Å². The van der Waals surface area contributed by atoms with Crippen LogP contribution in [0.15, 0.2) is 18.2 Å². The number of carbonyl (C=O) groups excluding carboxylic acids is 2. The van der Waals surface area contributed by atoms with Gasteiger partial charge in [-0.2, -0.15) is 0 Å². The molecule has 6 heteroatoms. The van der Waals surface area contributed by atoms with E-state index in [4.69, 9.17) is 16.3 Å². The van der Waals surface area contributed by atoms with Crippen LogP contribution >= 0.6 is 11.6 Å². The Bertz CT molecular complexity index is 528. The van der Waals surface area contributed by atoms with Gasteiger partial charge in [0.2, 0.25) is 5.91 Å². The minimum Gasteiger partial charge on any atom is -0.381 e. The van der Waals surface area contributed by atoms with Crippen molar-refractivity contribution in [1.29, 1.82) is 0 Å². The number of benzene rings is 1. The van der Waals surface area contributed by atoms with Crippen LogP contribution in [0.1, 0.15) is 30.1 Å². The van der Waals surface area contributed by atoms with Gasteiger partial charge in [0, 0.05) is 31.4 Å². The maximum absolute atomic E-state index is 12.2. The van der Waals surface area contributed by atoms with Gasteiger partial charge in [0.05, 0.1) is 10.6 Å². The molecule has 1 aliphatic heterocycles. The highest BCUT2D eigenvalue weighted by Crippen LogP contribution is 2.22. The number of hydrogen-bond acceptors (Lipinski definition) is 3. The van der Waals surface area contributed by atoms with Crippen LogP contribution in [0.2, 0.25) is 5.02 Å². The summed E-state index contributed by atoms with van der Waals surface area (Å²) in [5.74, 6) is -0.325. The van der Waals surface area contributed by atoms with Crippen molar-refractivity contribution < 1.29 is 14.3 Å². The molecule has 1 saturated heterocycles. The lowest BCUT2D eigenvalue weighted by Crippen LogP contribution is -2.28. The zero-order chi connectivity index (χ0) is 15.2. The molecular weight excluding hydrogens is 292 g/mol. The number of carbonyl (C=O) groups is 2. The Kier molecular flexibility index (Phi) is 5.59. The molecule has 1 aromatic carbocycles. The molecule has 0 bridgehead atoms. The standard InChI is InChI=1S/C15H19ClN2O3/c1-2-17-15(20)12-9-11(3-4-13(12)16)18-14(19)10-5-7-21-8-6-10/h3-4,9-10H,2,5-8H2,1H3,(H,17,20)(H,18,19). The average Bonchev–Trinajstić information content (AvgIpc) is 2.50. The van der Waals surface area contributed by atoms with Gasteiger partial charge >= 0.3 is 0 Å². The lowest BCUT2D eigenvalue weighted by Gasteiger charge is -2.21. The summed E-state index contributed by atoms with van der Waals surface area (Å²) >= 11 is 6.02. The molecule has 2 rings (SSSR count).